The van der Waals surface area contributed by atoms with E-state index < -0.39 is 0 Å². The van der Waals surface area contributed by atoms with Gasteiger partial charge in [-0.3, -0.25) is 0 Å². The molecule has 1 rings (SSSR count). The predicted molar refractivity (Wildman–Crippen MR) is 58.8 cm³/mol. The second-order valence-corrected chi connectivity index (χ2v) is 3.76. The van der Waals surface area contributed by atoms with Crippen LogP contribution in [-0.4, -0.2) is 48.8 Å². The minimum Gasteiger partial charge on any atom is -0.339 e. The smallest absolute Gasteiger partial charge is 0.227 e. The second kappa shape index (κ2) is 6.53. The zero-order valence-corrected chi connectivity index (χ0v) is 9.79. The molecule has 0 aliphatic heterocycles. The Balaban J connectivity index is 2.29. The summed E-state index contributed by atoms with van der Waals surface area (Å²) in [5.41, 5.74) is 0. The molecule has 0 spiro atoms. The van der Waals surface area contributed by atoms with Crippen LogP contribution in [0.3, 0.4) is 0 Å². The van der Waals surface area contributed by atoms with E-state index in [1.807, 2.05) is 14.1 Å². The lowest BCUT2D eigenvalue weighted by Crippen LogP contribution is -2.16. The molecule has 0 saturated carbocycles. The first-order valence-electron chi connectivity index (χ1n) is 5.39. The van der Waals surface area contributed by atoms with Crippen molar-refractivity contribution in [3.8, 4) is 0 Å². The van der Waals surface area contributed by atoms with Gasteiger partial charge < -0.3 is 14.7 Å². The van der Waals surface area contributed by atoms with Gasteiger partial charge in [0.25, 0.3) is 0 Å². The highest BCUT2D eigenvalue weighted by Crippen LogP contribution is 1.99. The zero-order chi connectivity index (χ0) is 11.1. The number of aromatic nitrogens is 2. The van der Waals surface area contributed by atoms with E-state index in [0.717, 1.165) is 44.2 Å². The minimum absolute atomic E-state index is 0.727. The van der Waals surface area contributed by atoms with E-state index in [0.29, 0.717) is 0 Å². The summed E-state index contributed by atoms with van der Waals surface area (Å²) in [6.07, 6.45) is 1.65. The van der Waals surface area contributed by atoms with Crippen molar-refractivity contribution in [3.63, 3.8) is 0 Å². The summed E-state index contributed by atoms with van der Waals surface area (Å²) in [5.74, 6) is 1.53. The molecule has 1 aromatic heterocycles. The van der Waals surface area contributed by atoms with Crippen molar-refractivity contribution in [1.82, 2.24) is 20.4 Å². The molecule has 0 aromatic carbocycles. The Hall–Kier alpha value is -0.940. The summed E-state index contributed by atoms with van der Waals surface area (Å²) in [6, 6.07) is 0. The van der Waals surface area contributed by atoms with Crippen LogP contribution in [0.5, 0.6) is 0 Å². The van der Waals surface area contributed by atoms with Gasteiger partial charge in [0, 0.05) is 25.9 Å². The maximum Gasteiger partial charge on any atom is 0.227 e. The van der Waals surface area contributed by atoms with Crippen LogP contribution in [0.4, 0.5) is 0 Å². The van der Waals surface area contributed by atoms with Crippen molar-refractivity contribution >= 4 is 0 Å². The van der Waals surface area contributed by atoms with Crippen LogP contribution in [0, 0.1) is 0 Å². The van der Waals surface area contributed by atoms with Gasteiger partial charge in [-0.15, -0.1) is 0 Å². The van der Waals surface area contributed by atoms with Crippen molar-refractivity contribution in [3.05, 3.63) is 11.7 Å². The summed E-state index contributed by atoms with van der Waals surface area (Å²) in [5, 5.41) is 7.15. The highest BCUT2D eigenvalue weighted by molar-refractivity contribution is 4.87. The van der Waals surface area contributed by atoms with Crippen LogP contribution in [-0.2, 0) is 12.8 Å². The summed E-state index contributed by atoms with van der Waals surface area (Å²) in [6.45, 7) is 4.90. The summed E-state index contributed by atoms with van der Waals surface area (Å²) < 4.78 is 5.12. The Morgan fingerprint density at radius 3 is 2.80 bits per heavy atom. The third kappa shape index (κ3) is 4.90. The van der Waals surface area contributed by atoms with Crippen molar-refractivity contribution in [2.45, 2.75) is 19.8 Å². The van der Waals surface area contributed by atoms with Gasteiger partial charge in [-0.05, 0) is 20.6 Å². The first-order chi connectivity index (χ1) is 7.22. The standard InChI is InChI=1S/C10H20N4O/c1-4-11-7-5-10-12-9(13-15-10)6-8-14(2)3/h11H,4-8H2,1-3H3. The highest BCUT2D eigenvalue weighted by atomic mass is 16.5. The molecule has 0 aliphatic carbocycles. The molecular formula is C10H20N4O. The fourth-order valence-electron chi connectivity index (χ4n) is 1.19. The van der Waals surface area contributed by atoms with Crippen molar-refractivity contribution in [2.24, 2.45) is 0 Å². The third-order valence-corrected chi connectivity index (χ3v) is 2.06. The van der Waals surface area contributed by atoms with Crippen molar-refractivity contribution < 1.29 is 4.52 Å². The van der Waals surface area contributed by atoms with E-state index in [-0.39, 0.29) is 0 Å². The predicted octanol–water partition coefficient (Wildman–Crippen LogP) is 0.326. The average Bonchev–Trinajstić information content (AvgIpc) is 2.63. The quantitative estimate of drug-likeness (QED) is 0.660. The lowest BCUT2D eigenvalue weighted by Gasteiger charge is -2.05. The van der Waals surface area contributed by atoms with E-state index in [1.165, 1.54) is 0 Å². The maximum atomic E-state index is 5.12. The second-order valence-electron chi connectivity index (χ2n) is 3.76. The monoisotopic (exact) mass is 212 g/mol. The van der Waals surface area contributed by atoms with E-state index in [1.54, 1.807) is 0 Å². The normalized spacial score (nSPS) is 11.2. The molecule has 0 atom stereocenters. The lowest BCUT2D eigenvalue weighted by molar-refractivity contribution is 0.364. The molecule has 5 heteroatoms. The molecule has 0 unspecified atom stereocenters. The largest absolute Gasteiger partial charge is 0.339 e. The van der Waals surface area contributed by atoms with Crippen LogP contribution in [0.15, 0.2) is 4.52 Å². The number of hydrogen-bond acceptors (Lipinski definition) is 5. The van der Waals surface area contributed by atoms with E-state index in [4.69, 9.17) is 4.52 Å². The molecule has 5 nitrogen and oxygen atoms in total. The van der Waals surface area contributed by atoms with Gasteiger partial charge in [0.1, 0.15) is 0 Å². The van der Waals surface area contributed by atoms with Gasteiger partial charge in [0.05, 0.1) is 0 Å². The van der Waals surface area contributed by atoms with Gasteiger partial charge in [-0.25, -0.2) is 0 Å². The SMILES string of the molecule is CCNCCc1nc(CCN(C)C)no1. The molecule has 1 aromatic rings. The molecule has 1 N–H and O–H groups in total. The van der Waals surface area contributed by atoms with E-state index >= 15 is 0 Å². The van der Waals surface area contributed by atoms with Crippen LogP contribution in [0.25, 0.3) is 0 Å². The average molecular weight is 212 g/mol. The molecule has 0 bridgehead atoms. The van der Waals surface area contributed by atoms with Gasteiger partial charge in [0.15, 0.2) is 5.82 Å². The molecule has 0 fully saturated rings. The third-order valence-electron chi connectivity index (χ3n) is 2.06. The summed E-state index contributed by atoms with van der Waals surface area (Å²) in [7, 11) is 4.07. The molecular weight excluding hydrogens is 192 g/mol. The van der Waals surface area contributed by atoms with E-state index in [2.05, 4.69) is 27.3 Å². The minimum atomic E-state index is 0.727. The first-order valence-corrected chi connectivity index (χ1v) is 5.39. The Bertz CT molecular complexity index is 272. The van der Waals surface area contributed by atoms with Gasteiger partial charge in [0.2, 0.25) is 5.89 Å². The lowest BCUT2D eigenvalue weighted by atomic mass is 10.4. The fourth-order valence-corrected chi connectivity index (χ4v) is 1.19. The van der Waals surface area contributed by atoms with Gasteiger partial charge in [-0.1, -0.05) is 12.1 Å². The van der Waals surface area contributed by atoms with Gasteiger partial charge in [-0.2, -0.15) is 4.98 Å². The topological polar surface area (TPSA) is 54.2 Å². The molecule has 15 heavy (non-hydrogen) atoms. The molecule has 0 aliphatic rings. The maximum absolute atomic E-state index is 5.12. The Morgan fingerprint density at radius 2 is 2.13 bits per heavy atom. The molecule has 1 heterocycles. The molecule has 0 amide bonds. The van der Waals surface area contributed by atoms with Crippen LogP contribution in [0.1, 0.15) is 18.6 Å². The number of nitrogens with one attached hydrogen (secondary N) is 1. The van der Waals surface area contributed by atoms with Gasteiger partial charge >= 0.3 is 0 Å². The van der Waals surface area contributed by atoms with Crippen LogP contribution < -0.4 is 5.32 Å². The van der Waals surface area contributed by atoms with Crippen LogP contribution in [0.2, 0.25) is 0 Å². The molecule has 86 valence electrons. The highest BCUT2D eigenvalue weighted by Gasteiger charge is 2.05. The summed E-state index contributed by atoms with van der Waals surface area (Å²) >= 11 is 0. The van der Waals surface area contributed by atoms with E-state index in [9.17, 15) is 0 Å². The molecule has 0 radical (unpaired) electrons. The number of rotatable bonds is 7. The Labute approximate surface area is 90.8 Å². The van der Waals surface area contributed by atoms with Crippen molar-refractivity contribution in [2.75, 3.05) is 33.7 Å². The Kier molecular flexibility index (Phi) is 5.28. The zero-order valence-electron chi connectivity index (χ0n) is 9.79. The number of likely N-dealkylation sites (N-methyl/N-ethyl adjacent to an activating group) is 2. The van der Waals surface area contributed by atoms with Crippen molar-refractivity contribution in [1.29, 1.82) is 0 Å². The number of hydrogen-bond donors (Lipinski definition) is 1. The summed E-state index contributed by atoms with van der Waals surface area (Å²) in [4.78, 5) is 6.42. The molecule has 0 saturated heterocycles. The van der Waals surface area contributed by atoms with Crippen LogP contribution >= 0.6 is 0 Å². The number of nitrogens with zero attached hydrogens (tertiary/aromatic N) is 3. The fraction of sp³-hybridized carbons (Fsp3) is 0.800. The Morgan fingerprint density at radius 1 is 1.33 bits per heavy atom. The first kappa shape index (κ1) is 12.1.